The van der Waals surface area contributed by atoms with Crippen molar-refractivity contribution in [1.29, 1.82) is 0 Å². The Balaban J connectivity index is 2.57. The summed E-state index contributed by atoms with van der Waals surface area (Å²) in [7, 11) is -1.73. The maximum Gasteiger partial charge on any atom is 0.364 e. The largest absolute Gasteiger partial charge is 0.476 e. The van der Waals surface area contributed by atoms with Gasteiger partial charge in [-0.15, -0.1) is 0 Å². The van der Waals surface area contributed by atoms with Crippen LogP contribution in [0, 0.1) is 0 Å². The number of nitrogens with zero attached hydrogens (tertiary/aromatic N) is 2. The molecule has 1 unspecified atom stereocenters. The molecule has 0 spiro atoms. The average molecular weight is 196 g/mol. The van der Waals surface area contributed by atoms with Gasteiger partial charge in [-0.25, -0.2) is 19.0 Å². The monoisotopic (exact) mass is 196 g/mol. The fourth-order valence-electron chi connectivity index (χ4n) is 0.980. The zero-order valence-electron chi connectivity index (χ0n) is 6.30. The van der Waals surface area contributed by atoms with E-state index < -0.39 is 16.8 Å². The van der Waals surface area contributed by atoms with Crippen molar-refractivity contribution >= 4 is 27.5 Å². The molecule has 0 aliphatic carbocycles. The Bertz CT molecular complexity index is 441. The van der Waals surface area contributed by atoms with E-state index >= 15 is 0 Å². The quantitative estimate of drug-likeness (QED) is 0.701. The van der Waals surface area contributed by atoms with Crippen molar-refractivity contribution < 1.29 is 14.1 Å². The number of hydrogen-bond donors (Lipinski definition) is 1. The predicted octanol–water partition coefficient (Wildman–Crippen LogP) is 0.317. The van der Waals surface area contributed by atoms with Crippen LogP contribution in [0.15, 0.2) is 28.3 Å². The van der Waals surface area contributed by atoms with E-state index in [-0.39, 0.29) is 10.1 Å². The summed E-state index contributed by atoms with van der Waals surface area (Å²) in [6, 6.07) is 3.19. The third-order valence-corrected chi connectivity index (χ3v) is 2.79. The van der Waals surface area contributed by atoms with Crippen molar-refractivity contribution in [3.63, 3.8) is 0 Å². The van der Waals surface area contributed by atoms with Gasteiger partial charge in [-0.3, -0.25) is 0 Å². The Morgan fingerprint density at radius 1 is 1.54 bits per heavy atom. The van der Waals surface area contributed by atoms with E-state index in [4.69, 9.17) is 5.11 Å². The van der Waals surface area contributed by atoms with Gasteiger partial charge in [0.05, 0.1) is 5.69 Å². The fraction of sp³-hybridized carbons (Fsp3) is 0. The third kappa shape index (κ3) is 1.15. The van der Waals surface area contributed by atoms with Gasteiger partial charge >= 0.3 is 5.97 Å². The third-order valence-electron chi connectivity index (χ3n) is 1.51. The van der Waals surface area contributed by atoms with Crippen LogP contribution in [0.1, 0.15) is 0 Å². The zero-order chi connectivity index (χ0) is 9.42. The number of rotatable bonds is 1. The maximum absolute atomic E-state index is 11.4. The molecule has 0 fully saturated rings. The van der Waals surface area contributed by atoms with Gasteiger partial charge in [-0.1, -0.05) is 0 Å². The number of pyridine rings is 1. The maximum atomic E-state index is 11.4. The van der Waals surface area contributed by atoms with Crippen molar-refractivity contribution in [2.24, 2.45) is 4.99 Å². The van der Waals surface area contributed by atoms with Crippen LogP contribution in [0.2, 0.25) is 0 Å². The van der Waals surface area contributed by atoms with Gasteiger partial charge in [-0.2, -0.15) is 0 Å². The van der Waals surface area contributed by atoms with Crippen LogP contribution in [0.5, 0.6) is 0 Å². The number of carbonyl (C=O) groups is 1. The molecular formula is C7H4N2O3S. The summed E-state index contributed by atoms with van der Waals surface area (Å²) in [5.74, 6) is -1.27. The van der Waals surface area contributed by atoms with Crippen LogP contribution in [0.25, 0.3) is 0 Å². The Labute approximate surface area is 75.6 Å². The lowest BCUT2D eigenvalue weighted by Gasteiger charge is -1.91. The van der Waals surface area contributed by atoms with Crippen LogP contribution in [0.4, 0.5) is 5.69 Å². The van der Waals surface area contributed by atoms with Gasteiger partial charge in [0.25, 0.3) is 0 Å². The van der Waals surface area contributed by atoms with Crippen molar-refractivity contribution in [3.8, 4) is 0 Å². The zero-order valence-corrected chi connectivity index (χ0v) is 7.11. The second-order valence-electron chi connectivity index (χ2n) is 2.32. The Morgan fingerprint density at radius 2 is 2.31 bits per heavy atom. The Hall–Kier alpha value is -1.56. The van der Waals surface area contributed by atoms with Gasteiger partial charge < -0.3 is 5.11 Å². The summed E-state index contributed by atoms with van der Waals surface area (Å²) in [4.78, 5) is 18.0. The first-order chi connectivity index (χ1) is 6.20. The van der Waals surface area contributed by atoms with Crippen molar-refractivity contribution in [3.05, 3.63) is 18.3 Å². The number of carboxylic acids is 1. The topological polar surface area (TPSA) is 79.6 Å². The predicted molar refractivity (Wildman–Crippen MR) is 45.4 cm³/mol. The fourth-order valence-corrected chi connectivity index (χ4v) is 1.96. The van der Waals surface area contributed by atoms with Gasteiger partial charge in [0.15, 0.2) is 5.03 Å². The lowest BCUT2D eigenvalue weighted by molar-refractivity contribution is -0.129. The highest BCUT2D eigenvalue weighted by atomic mass is 32.2. The number of hydrogen-bond acceptors (Lipinski definition) is 4. The summed E-state index contributed by atoms with van der Waals surface area (Å²) < 4.78 is 11.4. The summed E-state index contributed by atoms with van der Waals surface area (Å²) in [5.41, 5.74) is 0.373. The summed E-state index contributed by atoms with van der Waals surface area (Å²) in [5, 5.41) is 8.47. The molecule has 0 radical (unpaired) electrons. The first-order valence-corrected chi connectivity index (χ1v) is 4.54. The van der Waals surface area contributed by atoms with E-state index in [0.29, 0.717) is 5.69 Å². The summed E-state index contributed by atoms with van der Waals surface area (Å²) >= 11 is 0. The molecule has 1 aromatic heterocycles. The molecule has 1 aliphatic heterocycles. The molecule has 2 heterocycles. The lowest BCUT2D eigenvalue weighted by Crippen LogP contribution is -2.15. The molecule has 0 amide bonds. The van der Waals surface area contributed by atoms with Crippen LogP contribution in [0.3, 0.4) is 0 Å². The van der Waals surface area contributed by atoms with Crippen molar-refractivity contribution in [2.45, 2.75) is 5.03 Å². The molecule has 5 nitrogen and oxygen atoms in total. The molecular weight excluding hydrogens is 192 g/mol. The van der Waals surface area contributed by atoms with Crippen molar-refractivity contribution in [2.75, 3.05) is 0 Å². The molecule has 1 aromatic rings. The van der Waals surface area contributed by atoms with Gasteiger partial charge in [0, 0.05) is 6.20 Å². The highest BCUT2D eigenvalue weighted by Crippen LogP contribution is 2.27. The van der Waals surface area contributed by atoms with Gasteiger partial charge in [0.1, 0.15) is 10.8 Å². The second-order valence-corrected chi connectivity index (χ2v) is 3.63. The summed E-state index contributed by atoms with van der Waals surface area (Å²) in [6.07, 6.45) is 1.46. The summed E-state index contributed by atoms with van der Waals surface area (Å²) in [6.45, 7) is 0. The molecule has 1 aliphatic rings. The number of fused-ring (bicyclic) bond motifs is 1. The minimum absolute atomic E-state index is 0.222. The minimum Gasteiger partial charge on any atom is -0.476 e. The SMILES string of the molecule is O=C(O)C1=Nc2cccnc2S1=O. The molecule has 0 saturated heterocycles. The minimum atomic E-state index is -1.73. The van der Waals surface area contributed by atoms with Crippen LogP contribution < -0.4 is 0 Å². The number of aliphatic imine (C=N–C) groups is 1. The van der Waals surface area contributed by atoms with E-state index in [0.717, 1.165) is 0 Å². The Kier molecular flexibility index (Phi) is 1.70. The average Bonchev–Trinajstić information content (AvgIpc) is 2.45. The molecule has 6 heteroatoms. The highest BCUT2D eigenvalue weighted by Gasteiger charge is 2.29. The van der Waals surface area contributed by atoms with Crippen LogP contribution >= 0.6 is 0 Å². The van der Waals surface area contributed by atoms with Crippen LogP contribution in [-0.2, 0) is 15.6 Å². The van der Waals surface area contributed by atoms with E-state index in [1.54, 1.807) is 12.1 Å². The number of aliphatic carboxylic acids is 1. The number of carboxylic acid groups (broad SMARTS) is 1. The first-order valence-electron chi connectivity index (χ1n) is 3.39. The smallest absolute Gasteiger partial charge is 0.364 e. The first kappa shape index (κ1) is 8.06. The lowest BCUT2D eigenvalue weighted by atomic mass is 10.4. The molecule has 1 atom stereocenters. The molecule has 0 saturated carbocycles. The molecule has 2 rings (SSSR count). The molecule has 0 aromatic carbocycles. The van der Waals surface area contributed by atoms with E-state index in [2.05, 4.69) is 9.98 Å². The van der Waals surface area contributed by atoms with Crippen LogP contribution in [-0.4, -0.2) is 25.3 Å². The standard InChI is InChI=1S/C7H4N2O3S/c10-7(11)6-9-4-2-1-3-8-5(4)13(6)12/h1-3H,(H,10,11). The second kappa shape index (κ2) is 2.74. The molecule has 13 heavy (non-hydrogen) atoms. The molecule has 0 bridgehead atoms. The van der Waals surface area contributed by atoms with Gasteiger partial charge in [-0.05, 0) is 12.1 Å². The van der Waals surface area contributed by atoms with E-state index in [1.807, 2.05) is 0 Å². The normalized spacial score (nSPS) is 19.4. The van der Waals surface area contributed by atoms with E-state index in [1.165, 1.54) is 6.20 Å². The van der Waals surface area contributed by atoms with E-state index in [9.17, 15) is 9.00 Å². The van der Waals surface area contributed by atoms with Crippen molar-refractivity contribution in [1.82, 2.24) is 4.98 Å². The molecule has 66 valence electrons. The van der Waals surface area contributed by atoms with Gasteiger partial charge in [0.2, 0.25) is 5.04 Å². The molecule has 1 N–H and O–H groups in total. The highest BCUT2D eigenvalue weighted by molar-refractivity contribution is 8.03. The number of aromatic nitrogens is 1. The Morgan fingerprint density at radius 3 is 2.92 bits per heavy atom.